The van der Waals surface area contributed by atoms with E-state index in [0.29, 0.717) is 16.9 Å². The van der Waals surface area contributed by atoms with E-state index in [4.69, 9.17) is 10.5 Å². The van der Waals surface area contributed by atoms with Gasteiger partial charge in [-0.3, -0.25) is 0 Å². The number of amides is 1. The molecule has 2 aromatic rings. The fourth-order valence-corrected chi connectivity index (χ4v) is 3.65. The van der Waals surface area contributed by atoms with Gasteiger partial charge >= 0.3 is 6.09 Å². The zero-order valence-electron chi connectivity index (χ0n) is 17.4. The molecule has 0 spiro atoms. The number of nitrogens with two attached hydrogens (primary N) is 1. The molecule has 170 valence electrons. The molecule has 2 atom stereocenters. The number of nitrogens with zero attached hydrogens (tertiary/aromatic N) is 3. The highest BCUT2D eigenvalue weighted by molar-refractivity contribution is 7.92. The Bertz CT molecular complexity index is 934. The average Bonchev–Trinajstić information content (AvgIpc) is 3.09. The maximum absolute atomic E-state index is 14.4. The Morgan fingerprint density at radius 1 is 1.32 bits per heavy atom. The van der Waals surface area contributed by atoms with Gasteiger partial charge in [-0.2, -0.15) is 4.09 Å². The van der Waals surface area contributed by atoms with Crippen molar-refractivity contribution in [3.8, 4) is 11.4 Å². The number of carbonyl (C=O) groups is 1. The number of benzene rings is 1. The molecular formula is C19H25F3N6O2S. The van der Waals surface area contributed by atoms with Crippen LogP contribution >= 0.6 is 12.3 Å². The molecule has 1 aromatic carbocycles. The summed E-state index contributed by atoms with van der Waals surface area (Å²) >= 11 is -0.0972. The number of nitrogens with one attached hydrogen (secondary N) is 2. The van der Waals surface area contributed by atoms with Crippen molar-refractivity contribution in [2.24, 2.45) is 0 Å². The van der Waals surface area contributed by atoms with Crippen LogP contribution in [0.4, 0.5) is 28.8 Å². The summed E-state index contributed by atoms with van der Waals surface area (Å²) in [5, 5.41) is 9.54. The normalized spacial score (nSPS) is 20.8. The second-order valence-corrected chi connectivity index (χ2v) is 9.04. The lowest BCUT2D eigenvalue weighted by Gasteiger charge is -2.36. The fourth-order valence-electron chi connectivity index (χ4n) is 3.46. The zero-order chi connectivity index (χ0) is 22.8. The van der Waals surface area contributed by atoms with E-state index < -0.39 is 42.5 Å². The summed E-state index contributed by atoms with van der Waals surface area (Å²) in [5.41, 5.74) is 6.63. The van der Waals surface area contributed by atoms with Crippen LogP contribution in [0.3, 0.4) is 0 Å². The third-order valence-electron chi connectivity index (χ3n) is 4.59. The number of carbonyl (C=O) groups excluding carboxylic acids is 1. The molecule has 3 rings (SSSR count). The van der Waals surface area contributed by atoms with Crippen molar-refractivity contribution in [2.45, 2.75) is 63.6 Å². The fraction of sp³-hybridized carbons (Fsp3) is 0.526. The molecule has 1 fully saturated rings. The molecule has 1 aliphatic rings. The number of hydrogen-bond acceptors (Lipinski definition) is 7. The Morgan fingerprint density at radius 3 is 2.68 bits per heavy atom. The maximum atomic E-state index is 14.4. The van der Waals surface area contributed by atoms with Gasteiger partial charge in [-0.25, -0.2) is 18.6 Å². The second-order valence-electron chi connectivity index (χ2n) is 8.53. The largest absolute Gasteiger partial charge is 0.444 e. The van der Waals surface area contributed by atoms with Gasteiger partial charge in [-0.1, -0.05) is 0 Å². The molecule has 1 amide bonds. The van der Waals surface area contributed by atoms with Crippen molar-refractivity contribution in [1.82, 2.24) is 19.5 Å². The predicted octanol–water partition coefficient (Wildman–Crippen LogP) is 4.40. The first-order chi connectivity index (χ1) is 14.4. The summed E-state index contributed by atoms with van der Waals surface area (Å²) in [6.07, 6.45) is -0.124. The highest BCUT2D eigenvalue weighted by Gasteiger charge is 2.42. The van der Waals surface area contributed by atoms with Crippen LogP contribution in [-0.4, -0.2) is 43.9 Å². The highest BCUT2D eigenvalue weighted by Crippen LogP contribution is 2.36. The van der Waals surface area contributed by atoms with Crippen LogP contribution < -0.4 is 16.4 Å². The lowest BCUT2D eigenvalue weighted by molar-refractivity contribution is -0.0483. The van der Waals surface area contributed by atoms with Crippen molar-refractivity contribution < 1.29 is 22.2 Å². The maximum Gasteiger partial charge on any atom is 0.407 e. The molecule has 1 aliphatic carbocycles. The number of halogens is 3. The van der Waals surface area contributed by atoms with Crippen LogP contribution in [-0.2, 0) is 4.74 Å². The van der Waals surface area contributed by atoms with Crippen molar-refractivity contribution in [3.05, 3.63) is 24.5 Å². The number of aromatic nitrogens is 3. The number of alkyl halides is 2. The molecule has 2 unspecified atom stereocenters. The Balaban J connectivity index is 1.73. The van der Waals surface area contributed by atoms with Gasteiger partial charge in [-0.15, -0.1) is 8.98 Å². The lowest BCUT2D eigenvalue weighted by atomic mass is 9.87. The van der Waals surface area contributed by atoms with E-state index in [1.54, 1.807) is 39.0 Å². The van der Waals surface area contributed by atoms with Crippen molar-refractivity contribution >= 4 is 29.8 Å². The van der Waals surface area contributed by atoms with Gasteiger partial charge in [0.15, 0.2) is 18.2 Å². The minimum absolute atomic E-state index is 0.0972. The third kappa shape index (κ3) is 6.42. The van der Waals surface area contributed by atoms with Gasteiger partial charge < -0.3 is 21.1 Å². The van der Waals surface area contributed by atoms with Crippen LogP contribution in [0, 0.1) is 0 Å². The Kier molecular flexibility index (Phi) is 6.58. The SMILES string of the molecule is CC(C)(C)OC(=O)NC1CC(Nc2cc(-c3ncn(SF)n3)ccc2N)CC(F)(F)C1. The van der Waals surface area contributed by atoms with Crippen LogP contribution in [0.15, 0.2) is 24.5 Å². The Hall–Kier alpha value is -2.63. The molecular weight excluding hydrogens is 433 g/mol. The highest BCUT2D eigenvalue weighted by atomic mass is 32.2. The average molecular weight is 459 g/mol. The standard InChI is InChI=1S/C19H25F3N6O2S/c1-18(2,3)30-17(29)26-13-7-12(8-19(20,21)9-13)25-15-6-11(4-5-14(15)23)16-24-10-28(27-16)31-22/h4-6,10,12-13,25H,7-9,23H2,1-3H3,(H,26,29). The van der Waals surface area contributed by atoms with E-state index in [9.17, 15) is 17.5 Å². The molecule has 31 heavy (non-hydrogen) atoms. The minimum atomic E-state index is -2.97. The molecule has 0 saturated heterocycles. The van der Waals surface area contributed by atoms with Gasteiger partial charge in [0, 0.05) is 30.5 Å². The summed E-state index contributed by atoms with van der Waals surface area (Å²) in [5.74, 6) is -2.70. The molecule has 1 saturated carbocycles. The molecule has 0 aliphatic heterocycles. The number of anilines is 2. The smallest absolute Gasteiger partial charge is 0.407 e. The Labute approximate surface area is 182 Å². The molecule has 0 bridgehead atoms. The number of ether oxygens (including phenoxy) is 1. The van der Waals surface area contributed by atoms with Gasteiger partial charge in [0.25, 0.3) is 5.92 Å². The van der Waals surface area contributed by atoms with E-state index in [1.807, 2.05) is 0 Å². The quantitative estimate of drug-likeness (QED) is 0.570. The van der Waals surface area contributed by atoms with E-state index in [1.165, 1.54) is 6.33 Å². The van der Waals surface area contributed by atoms with Crippen molar-refractivity contribution in [1.29, 1.82) is 0 Å². The van der Waals surface area contributed by atoms with Gasteiger partial charge in [-0.05, 0) is 45.4 Å². The first-order valence-electron chi connectivity index (χ1n) is 9.68. The monoisotopic (exact) mass is 458 g/mol. The Morgan fingerprint density at radius 2 is 2.03 bits per heavy atom. The van der Waals surface area contributed by atoms with Crippen LogP contribution in [0.25, 0.3) is 11.4 Å². The van der Waals surface area contributed by atoms with Crippen LogP contribution in [0.5, 0.6) is 0 Å². The molecule has 1 heterocycles. The van der Waals surface area contributed by atoms with E-state index in [2.05, 4.69) is 20.7 Å². The summed E-state index contributed by atoms with van der Waals surface area (Å²) < 4.78 is 47.5. The van der Waals surface area contributed by atoms with Gasteiger partial charge in [0.2, 0.25) is 0 Å². The number of alkyl carbamates (subject to hydrolysis) is 1. The van der Waals surface area contributed by atoms with Crippen LogP contribution in [0.1, 0.15) is 40.0 Å². The number of nitrogen functional groups attached to an aromatic ring is 1. The second kappa shape index (κ2) is 8.85. The van der Waals surface area contributed by atoms with Crippen LogP contribution in [0.2, 0.25) is 0 Å². The molecule has 8 nitrogen and oxygen atoms in total. The van der Waals surface area contributed by atoms with Crippen molar-refractivity contribution in [2.75, 3.05) is 11.1 Å². The molecule has 4 N–H and O–H groups in total. The first kappa shape index (κ1) is 23.0. The molecule has 1 aromatic heterocycles. The topological polar surface area (TPSA) is 107 Å². The zero-order valence-corrected chi connectivity index (χ0v) is 18.2. The number of hydrogen-bond donors (Lipinski definition) is 3. The van der Waals surface area contributed by atoms with E-state index in [0.717, 1.165) is 4.09 Å². The van der Waals surface area contributed by atoms with Gasteiger partial charge in [0.1, 0.15) is 11.9 Å². The minimum Gasteiger partial charge on any atom is -0.444 e. The van der Waals surface area contributed by atoms with Gasteiger partial charge in [0.05, 0.1) is 11.4 Å². The number of rotatable bonds is 5. The molecule has 0 radical (unpaired) electrons. The third-order valence-corrected chi connectivity index (χ3v) is 4.91. The summed E-state index contributed by atoms with van der Waals surface area (Å²) in [4.78, 5) is 16.0. The lowest BCUT2D eigenvalue weighted by Crippen LogP contribution is -2.49. The summed E-state index contributed by atoms with van der Waals surface area (Å²) in [7, 11) is 0. The predicted molar refractivity (Wildman–Crippen MR) is 113 cm³/mol. The summed E-state index contributed by atoms with van der Waals surface area (Å²) in [6.45, 7) is 5.10. The van der Waals surface area contributed by atoms with E-state index in [-0.39, 0.29) is 24.6 Å². The first-order valence-corrected chi connectivity index (χ1v) is 10.4. The van der Waals surface area contributed by atoms with Crippen molar-refractivity contribution in [3.63, 3.8) is 0 Å². The van der Waals surface area contributed by atoms with E-state index >= 15 is 0 Å². The summed E-state index contributed by atoms with van der Waals surface area (Å²) in [6, 6.07) is 3.47. The molecule has 12 heteroatoms.